The van der Waals surface area contributed by atoms with Gasteiger partial charge in [-0.15, -0.1) is 0 Å². The maximum absolute atomic E-state index is 12.8. The second kappa shape index (κ2) is 7.69. The summed E-state index contributed by atoms with van der Waals surface area (Å²) in [6, 6.07) is 24.0. The first-order valence-corrected chi connectivity index (χ1v) is 9.39. The fourth-order valence-corrected chi connectivity index (χ4v) is 3.48. The van der Waals surface area contributed by atoms with E-state index in [1.807, 2.05) is 36.4 Å². The van der Waals surface area contributed by atoms with E-state index >= 15 is 0 Å². The van der Waals surface area contributed by atoms with Gasteiger partial charge in [0, 0.05) is 23.4 Å². The molecule has 1 aliphatic rings. The number of hydrogen-bond donors (Lipinski definition) is 0. The third-order valence-corrected chi connectivity index (χ3v) is 4.97. The second-order valence-electron chi connectivity index (χ2n) is 6.85. The van der Waals surface area contributed by atoms with Gasteiger partial charge in [-0.25, -0.2) is 0 Å². The van der Waals surface area contributed by atoms with Gasteiger partial charge in [0.2, 0.25) is 0 Å². The lowest BCUT2D eigenvalue weighted by atomic mass is 10.0. The normalized spacial score (nSPS) is 13.7. The van der Waals surface area contributed by atoms with Gasteiger partial charge in [0.25, 0.3) is 5.91 Å². The standard InChI is InChI=1S/C24H21NO3/c1-17(24(27)25-16-15-18-7-5-6-10-22(18)25)28-21-13-11-20(12-14-21)23(26)19-8-3-2-4-9-19/h2-14,17H,15-16H2,1H3/t17-/m0/s1. The topological polar surface area (TPSA) is 46.6 Å². The molecule has 0 radical (unpaired) electrons. The number of hydrogen-bond acceptors (Lipinski definition) is 3. The number of carbonyl (C=O) groups excluding carboxylic acids is 2. The number of ketones is 1. The van der Waals surface area contributed by atoms with Crippen molar-refractivity contribution in [3.05, 3.63) is 95.6 Å². The molecule has 1 amide bonds. The van der Waals surface area contributed by atoms with Crippen LogP contribution in [0.4, 0.5) is 5.69 Å². The fraction of sp³-hybridized carbons (Fsp3) is 0.167. The van der Waals surface area contributed by atoms with Crippen LogP contribution in [0.5, 0.6) is 5.75 Å². The summed E-state index contributed by atoms with van der Waals surface area (Å²) in [4.78, 5) is 27.1. The second-order valence-corrected chi connectivity index (χ2v) is 6.85. The van der Waals surface area contributed by atoms with E-state index in [-0.39, 0.29) is 11.7 Å². The lowest BCUT2D eigenvalue weighted by Gasteiger charge is -2.22. The molecule has 1 atom stereocenters. The quantitative estimate of drug-likeness (QED) is 0.629. The summed E-state index contributed by atoms with van der Waals surface area (Å²) in [5.41, 5.74) is 3.39. The molecule has 1 aliphatic heterocycles. The van der Waals surface area contributed by atoms with Crippen LogP contribution in [0.2, 0.25) is 0 Å². The molecular formula is C24H21NO3. The molecule has 0 bridgehead atoms. The molecule has 0 unspecified atom stereocenters. The maximum atomic E-state index is 12.8. The molecule has 0 aliphatic carbocycles. The van der Waals surface area contributed by atoms with Crippen LogP contribution in [0, 0.1) is 0 Å². The molecule has 140 valence electrons. The fourth-order valence-electron chi connectivity index (χ4n) is 3.48. The summed E-state index contributed by atoms with van der Waals surface area (Å²) in [5.74, 6) is 0.470. The Morgan fingerprint density at radius 2 is 1.50 bits per heavy atom. The monoisotopic (exact) mass is 371 g/mol. The van der Waals surface area contributed by atoms with Crippen LogP contribution >= 0.6 is 0 Å². The minimum Gasteiger partial charge on any atom is -0.481 e. The van der Waals surface area contributed by atoms with Gasteiger partial charge in [-0.3, -0.25) is 9.59 Å². The summed E-state index contributed by atoms with van der Waals surface area (Å²) in [6.45, 7) is 2.43. The highest BCUT2D eigenvalue weighted by Gasteiger charge is 2.28. The van der Waals surface area contributed by atoms with Crippen molar-refractivity contribution >= 4 is 17.4 Å². The first kappa shape index (κ1) is 18.0. The van der Waals surface area contributed by atoms with Crippen LogP contribution in [0.3, 0.4) is 0 Å². The van der Waals surface area contributed by atoms with E-state index < -0.39 is 6.10 Å². The molecule has 3 aromatic rings. The van der Waals surface area contributed by atoms with E-state index in [1.54, 1.807) is 48.2 Å². The van der Waals surface area contributed by atoms with Gasteiger partial charge in [-0.1, -0.05) is 48.5 Å². The highest BCUT2D eigenvalue weighted by molar-refractivity contribution is 6.09. The maximum Gasteiger partial charge on any atom is 0.267 e. The Kier molecular flexibility index (Phi) is 4.94. The molecule has 3 aromatic carbocycles. The number of ether oxygens (including phenoxy) is 1. The van der Waals surface area contributed by atoms with Crippen molar-refractivity contribution < 1.29 is 14.3 Å². The average molecular weight is 371 g/mol. The van der Waals surface area contributed by atoms with E-state index in [1.165, 1.54) is 5.56 Å². The zero-order chi connectivity index (χ0) is 19.5. The van der Waals surface area contributed by atoms with Crippen LogP contribution in [0.25, 0.3) is 0 Å². The van der Waals surface area contributed by atoms with Crippen LogP contribution in [0.1, 0.15) is 28.4 Å². The number of benzene rings is 3. The van der Waals surface area contributed by atoms with Crippen molar-refractivity contribution in [3.63, 3.8) is 0 Å². The summed E-state index contributed by atoms with van der Waals surface area (Å²) in [7, 11) is 0. The van der Waals surface area contributed by atoms with Crippen molar-refractivity contribution in [2.45, 2.75) is 19.4 Å². The van der Waals surface area contributed by atoms with E-state index in [0.29, 0.717) is 23.4 Å². The number of amides is 1. The Labute approximate surface area is 164 Å². The van der Waals surface area contributed by atoms with E-state index in [4.69, 9.17) is 4.74 Å². The van der Waals surface area contributed by atoms with E-state index in [0.717, 1.165) is 12.1 Å². The van der Waals surface area contributed by atoms with Crippen LogP contribution in [-0.2, 0) is 11.2 Å². The highest BCUT2D eigenvalue weighted by Crippen LogP contribution is 2.28. The summed E-state index contributed by atoms with van der Waals surface area (Å²) < 4.78 is 5.84. The summed E-state index contributed by atoms with van der Waals surface area (Å²) in [5, 5.41) is 0. The van der Waals surface area contributed by atoms with Gasteiger partial charge in [-0.05, 0) is 49.2 Å². The van der Waals surface area contributed by atoms with Crippen LogP contribution in [-0.4, -0.2) is 24.3 Å². The lowest BCUT2D eigenvalue weighted by Crippen LogP contribution is -2.39. The SMILES string of the molecule is C[C@H](Oc1ccc(C(=O)c2ccccc2)cc1)C(=O)N1CCc2ccccc21. The number of carbonyl (C=O) groups is 2. The molecule has 28 heavy (non-hydrogen) atoms. The molecule has 4 heteroatoms. The zero-order valence-corrected chi connectivity index (χ0v) is 15.7. The Balaban J connectivity index is 1.43. The molecular weight excluding hydrogens is 350 g/mol. The minimum atomic E-state index is -0.609. The third-order valence-electron chi connectivity index (χ3n) is 4.97. The first-order valence-electron chi connectivity index (χ1n) is 9.39. The highest BCUT2D eigenvalue weighted by atomic mass is 16.5. The molecule has 0 N–H and O–H groups in total. The predicted molar refractivity (Wildman–Crippen MR) is 109 cm³/mol. The first-order chi connectivity index (χ1) is 13.6. The molecule has 0 saturated carbocycles. The van der Waals surface area contributed by atoms with Gasteiger partial charge >= 0.3 is 0 Å². The Bertz CT molecular complexity index is 996. The Morgan fingerprint density at radius 3 is 2.25 bits per heavy atom. The largest absolute Gasteiger partial charge is 0.481 e. The van der Waals surface area contributed by atoms with Gasteiger partial charge in [0.1, 0.15) is 5.75 Å². The summed E-state index contributed by atoms with van der Waals surface area (Å²) in [6.07, 6.45) is 0.257. The lowest BCUT2D eigenvalue weighted by molar-refractivity contribution is -0.124. The number of para-hydroxylation sites is 1. The number of rotatable bonds is 5. The molecule has 4 nitrogen and oxygen atoms in total. The zero-order valence-electron chi connectivity index (χ0n) is 15.7. The van der Waals surface area contributed by atoms with E-state index in [9.17, 15) is 9.59 Å². The Hall–Kier alpha value is -3.40. The van der Waals surface area contributed by atoms with Crippen molar-refractivity contribution in [2.75, 3.05) is 11.4 Å². The minimum absolute atomic E-state index is 0.0371. The molecule has 0 saturated heterocycles. The third kappa shape index (κ3) is 3.54. The summed E-state index contributed by atoms with van der Waals surface area (Å²) >= 11 is 0. The number of nitrogens with zero attached hydrogens (tertiary/aromatic N) is 1. The predicted octanol–water partition coefficient (Wildman–Crippen LogP) is 4.27. The molecule has 4 rings (SSSR count). The van der Waals surface area contributed by atoms with Gasteiger partial charge in [0.15, 0.2) is 11.9 Å². The molecule has 0 aromatic heterocycles. The van der Waals surface area contributed by atoms with E-state index in [2.05, 4.69) is 6.07 Å². The van der Waals surface area contributed by atoms with Crippen molar-refractivity contribution in [1.29, 1.82) is 0 Å². The van der Waals surface area contributed by atoms with Gasteiger partial charge < -0.3 is 9.64 Å². The molecule has 0 spiro atoms. The van der Waals surface area contributed by atoms with Gasteiger partial charge in [0.05, 0.1) is 0 Å². The van der Waals surface area contributed by atoms with Crippen LogP contribution < -0.4 is 9.64 Å². The van der Waals surface area contributed by atoms with Crippen LogP contribution in [0.15, 0.2) is 78.9 Å². The smallest absolute Gasteiger partial charge is 0.267 e. The van der Waals surface area contributed by atoms with Crippen molar-refractivity contribution in [3.8, 4) is 5.75 Å². The van der Waals surface area contributed by atoms with Crippen molar-refractivity contribution in [1.82, 2.24) is 0 Å². The molecule has 1 heterocycles. The van der Waals surface area contributed by atoms with Gasteiger partial charge in [-0.2, -0.15) is 0 Å². The Morgan fingerprint density at radius 1 is 0.857 bits per heavy atom. The number of anilines is 1. The number of fused-ring (bicyclic) bond motifs is 1. The van der Waals surface area contributed by atoms with Crippen molar-refractivity contribution in [2.24, 2.45) is 0 Å². The molecule has 0 fully saturated rings. The average Bonchev–Trinajstić information content (AvgIpc) is 3.18.